The van der Waals surface area contributed by atoms with Crippen molar-refractivity contribution in [2.24, 2.45) is 5.10 Å². The molecular formula is C25H20N6O3S. The first-order valence-corrected chi connectivity index (χ1v) is 11.5. The van der Waals surface area contributed by atoms with Crippen molar-refractivity contribution in [1.29, 1.82) is 0 Å². The predicted octanol–water partition coefficient (Wildman–Crippen LogP) is 4.75. The summed E-state index contributed by atoms with van der Waals surface area (Å²) in [5.74, 6) is 0.186. The largest absolute Gasteiger partial charge is 0.272 e. The maximum absolute atomic E-state index is 12.3. The van der Waals surface area contributed by atoms with Gasteiger partial charge in [-0.05, 0) is 23.8 Å². The molecule has 10 heteroatoms. The predicted molar refractivity (Wildman–Crippen MR) is 136 cm³/mol. The van der Waals surface area contributed by atoms with Crippen LogP contribution in [0.1, 0.15) is 5.56 Å². The number of hydrazone groups is 1. The van der Waals surface area contributed by atoms with Crippen LogP contribution in [0, 0.1) is 10.1 Å². The van der Waals surface area contributed by atoms with Crippen LogP contribution in [-0.4, -0.2) is 37.6 Å². The van der Waals surface area contributed by atoms with E-state index in [2.05, 4.69) is 20.7 Å². The minimum absolute atomic E-state index is 0.0436. The summed E-state index contributed by atoms with van der Waals surface area (Å²) in [5.41, 5.74) is 4.78. The fourth-order valence-corrected chi connectivity index (χ4v) is 3.90. The SMILES string of the molecule is O=C(CSc1nnc(-c2cccc([N+](=O)[O-])c2)n1-c1ccccc1)N/N=C\C=C\c1ccccc1. The van der Waals surface area contributed by atoms with Crippen molar-refractivity contribution in [3.05, 3.63) is 107 Å². The van der Waals surface area contributed by atoms with Gasteiger partial charge in [-0.1, -0.05) is 78.5 Å². The number of thioether (sulfide) groups is 1. The molecule has 0 fully saturated rings. The molecule has 4 rings (SSSR count). The molecule has 4 aromatic rings. The van der Waals surface area contributed by atoms with Crippen molar-refractivity contribution < 1.29 is 9.72 Å². The van der Waals surface area contributed by atoms with Crippen LogP contribution in [0.15, 0.2) is 101 Å². The van der Waals surface area contributed by atoms with Crippen molar-refractivity contribution in [2.45, 2.75) is 5.16 Å². The van der Waals surface area contributed by atoms with E-state index in [0.29, 0.717) is 16.5 Å². The van der Waals surface area contributed by atoms with Gasteiger partial charge in [-0.25, -0.2) is 5.43 Å². The zero-order chi connectivity index (χ0) is 24.5. The molecule has 0 saturated heterocycles. The quantitative estimate of drug-likeness (QED) is 0.159. The average molecular weight is 485 g/mol. The van der Waals surface area contributed by atoms with Crippen molar-refractivity contribution in [1.82, 2.24) is 20.2 Å². The number of benzene rings is 3. The van der Waals surface area contributed by atoms with E-state index in [1.165, 1.54) is 30.1 Å². The molecule has 9 nitrogen and oxygen atoms in total. The van der Waals surface area contributed by atoms with Gasteiger partial charge < -0.3 is 0 Å². The highest BCUT2D eigenvalue weighted by atomic mass is 32.2. The highest BCUT2D eigenvalue weighted by Crippen LogP contribution is 2.29. The summed E-state index contributed by atoms with van der Waals surface area (Å²) in [7, 11) is 0. The van der Waals surface area contributed by atoms with Gasteiger partial charge >= 0.3 is 0 Å². The molecule has 0 spiro atoms. The lowest BCUT2D eigenvalue weighted by Crippen LogP contribution is -2.19. The van der Waals surface area contributed by atoms with Crippen LogP contribution >= 0.6 is 11.8 Å². The van der Waals surface area contributed by atoms with Crippen LogP contribution in [0.2, 0.25) is 0 Å². The number of hydrogen-bond donors (Lipinski definition) is 1. The molecular weight excluding hydrogens is 464 g/mol. The number of hydrogen-bond acceptors (Lipinski definition) is 7. The first-order chi connectivity index (χ1) is 17.1. The van der Waals surface area contributed by atoms with Gasteiger partial charge in [0.25, 0.3) is 11.6 Å². The number of nitrogens with zero attached hydrogens (tertiary/aromatic N) is 5. The molecule has 0 aliphatic carbocycles. The molecule has 0 saturated carbocycles. The molecule has 3 aromatic carbocycles. The summed E-state index contributed by atoms with van der Waals surface area (Å²) in [6, 6.07) is 25.3. The van der Waals surface area contributed by atoms with E-state index in [1.807, 2.05) is 66.7 Å². The Bertz CT molecular complexity index is 1370. The lowest BCUT2D eigenvalue weighted by Gasteiger charge is -2.10. The molecule has 0 unspecified atom stereocenters. The molecule has 1 N–H and O–H groups in total. The van der Waals surface area contributed by atoms with E-state index in [1.54, 1.807) is 22.8 Å². The smallest absolute Gasteiger partial charge is 0.270 e. The van der Waals surface area contributed by atoms with Crippen LogP contribution in [0.3, 0.4) is 0 Å². The number of allylic oxidation sites excluding steroid dienone is 1. The van der Waals surface area contributed by atoms with E-state index < -0.39 is 4.92 Å². The Kier molecular flexibility index (Phi) is 7.77. The number of rotatable bonds is 9. The van der Waals surface area contributed by atoms with Gasteiger partial charge in [-0.2, -0.15) is 5.10 Å². The summed E-state index contributed by atoms with van der Waals surface area (Å²) < 4.78 is 1.77. The number of carbonyl (C=O) groups excluding carboxylic acids is 1. The number of para-hydroxylation sites is 1. The zero-order valence-electron chi connectivity index (χ0n) is 18.4. The molecule has 0 bridgehead atoms. The summed E-state index contributed by atoms with van der Waals surface area (Å²) >= 11 is 1.19. The van der Waals surface area contributed by atoms with Gasteiger partial charge in [0, 0.05) is 29.6 Å². The number of nitro groups is 1. The second-order valence-corrected chi connectivity index (χ2v) is 8.10. The molecule has 174 valence electrons. The van der Waals surface area contributed by atoms with Gasteiger partial charge in [0.05, 0.1) is 10.7 Å². The third-order valence-electron chi connectivity index (χ3n) is 4.73. The Labute approximate surface area is 205 Å². The highest BCUT2D eigenvalue weighted by molar-refractivity contribution is 7.99. The Morgan fingerprint density at radius 2 is 1.77 bits per heavy atom. The molecule has 35 heavy (non-hydrogen) atoms. The molecule has 0 aliphatic heterocycles. The lowest BCUT2D eigenvalue weighted by molar-refractivity contribution is -0.384. The van der Waals surface area contributed by atoms with Gasteiger partial charge in [0.2, 0.25) is 0 Å². The Morgan fingerprint density at radius 3 is 2.51 bits per heavy atom. The summed E-state index contributed by atoms with van der Waals surface area (Å²) in [4.78, 5) is 23.1. The van der Waals surface area contributed by atoms with E-state index in [0.717, 1.165) is 11.3 Å². The number of amides is 1. The Hall–Kier alpha value is -4.57. The van der Waals surface area contributed by atoms with Crippen LogP contribution in [0.25, 0.3) is 23.2 Å². The second kappa shape index (κ2) is 11.5. The summed E-state index contributed by atoms with van der Waals surface area (Å²) in [6.07, 6.45) is 5.12. The standard InChI is InChI=1S/C25H20N6O3S/c32-23(27-26-16-8-11-19-9-3-1-4-10-19)18-35-25-29-28-24(30(25)21-13-5-2-6-14-21)20-12-7-15-22(17-20)31(33)34/h1-17H,18H2,(H,27,32)/b11-8+,26-16-. The van der Waals surface area contributed by atoms with Crippen molar-refractivity contribution >= 4 is 35.6 Å². The molecule has 1 heterocycles. The average Bonchev–Trinajstić information content (AvgIpc) is 3.32. The first-order valence-electron chi connectivity index (χ1n) is 10.5. The molecule has 1 aromatic heterocycles. The van der Waals surface area contributed by atoms with Crippen LogP contribution in [-0.2, 0) is 4.79 Å². The number of nitrogens with one attached hydrogen (secondary N) is 1. The molecule has 0 aliphatic rings. The second-order valence-electron chi connectivity index (χ2n) is 7.16. The number of aromatic nitrogens is 3. The van der Waals surface area contributed by atoms with E-state index in [9.17, 15) is 14.9 Å². The number of non-ortho nitro benzene ring substituents is 1. The molecule has 0 radical (unpaired) electrons. The van der Waals surface area contributed by atoms with Crippen LogP contribution in [0.4, 0.5) is 5.69 Å². The fourth-order valence-electron chi connectivity index (χ4n) is 3.15. The Morgan fingerprint density at radius 1 is 1.03 bits per heavy atom. The molecule has 1 amide bonds. The van der Waals surface area contributed by atoms with E-state index in [4.69, 9.17) is 0 Å². The minimum atomic E-state index is -0.456. The van der Waals surface area contributed by atoms with E-state index in [-0.39, 0.29) is 17.3 Å². The summed E-state index contributed by atoms with van der Waals surface area (Å²) in [6.45, 7) is 0. The van der Waals surface area contributed by atoms with Gasteiger partial charge in [0.15, 0.2) is 11.0 Å². The monoisotopic (exact) mass is 484 g/mol. The third-order valence-corrected chi connectivity index (χ3v) is 5.66. The van der Waals surface area contributed by atoms with Crippen LogP contribution in [0.5, 0.6) is 0 Å². The van der Waals surface area contributed by atoms with Gasteiger partial charge in [-0.15, -0.1) is 10.2 Å². The fraction of sp³-hybridized carbons (Fsp3) is 0.0400. The first kappa shape index (κ1) is 23.6. The third kappa shape index (κ3) is 6.27. The number of nitro benzene ring substituents is 1. The summed E-state index contributed by atoms with van der Waals surface area (Å²) in [5, 5.41) is 24.1. The highest BCUT2D eigenvalue weighted by Gasteiger charge is 2.18. The number of carbonyl (C=O) groups is 1. The maximum atomic E-state index is 12.3. The topological polar surface area (TPSA) is 115 Å². The van der Waals surface area contributed by atoms with Crippen LogP contribution < -0.4 is 5.43 Å². The van der Waals surface area contributed by atoms with Gasteiger partial charge in [0.1, 0.15) is 0 Å². The van der Waals surface area contributed by atoms with Crippen molar-refractivity contribution in [3.8, 4) is 17.1 Å². The van der Waals surface area contributed by atoms with Crippen molar-refractivity contribution in [3.63, 3.8) is 0 Å². The van der Waals surface area contributed by atoms with Gasteiger partial charge in [-0.3, -0.25) is 19.5 Å². The maximum Gasteiger partial charge on any atom is 0.270 e. The zero-order valence-corrected chi connectivity index (χ0v) is 19.2. The van der Waals surface area contributed by atoms with E-state index >= 15 is 0 Å². The lowest BCUT2D eigenvalue weighted by atomic mass is 10.2. The Balaban J connectivity index is 1.47. The molecule has 0 atom stereocenters. The normalized spacial score (nSPS) is 11.2. The minimum Gasteiger partial charge on any atom is -0.272 e. The van der Waals surface area contributed by atoms with Crippen molar-refractivity contribution in [2.75, 3.05) is 5.75 Å².